The number of carbonyl (C=O) groups is 1. The van der Waals surface area contributed by atoms with E-state index in [0.29, 0.717) is 4.68 Å². The molecule has 1 aromatic carbocycles. The molecule has 1 aromatic heterocycles. The quantitative estimate of drug-likeness (QED) is 0.871. The van der Waals surface area contributed by atoms with Gasteiger partial charge in [-0.25, -0.2) is 4.68 Å². The lowest BCUT2D eigenvalue weighted by Crippen LogP contribution is -2.33. The van der Waals surface area contributed by atoms with Gasteiger partial charge in [0, 0.05) is 13.2 Å². The molecular weight excluding hydrogens is 288 g/mol. The number of hydrogen-bond donors (Lipinski definition) is 0. The second kappa shape index (κ2) is 5.87. The van der Waals surface area contributed by atoms with E-state index in [4.69, 9.17) is 0 Å². The minimum absolute atomic E-state index is 0.0332. The van der Waals surface area contributed by atoms with Gasteiger partial charge in [-0.2, -0.15) is 13.9 Å². The van der Waals surface area contributed by atoms with Crippen LogP contribution in [0.4, 0.5) is 8.78 Å². The SMILES string of the molecule is CN(C(=O)c1ccn(C(F)F)n1)[C@H]1CCCc2ccccc21. The molecule has 22 heavy (non-hydrogen) atoms. The van der Waals surface area contributed by atoms with Crippen molar-refractivity contribution in [1.29, 1.82) is 0 Å². The number of alkyl halides is 2. The van der Waals surface area contributed by atoms with Crippen LogP contribution in [0.5, 0.6) is 0 Å². The molecule has 1 aliphatic rings. The third-order valence-corrected chi connectivity index (χ3v) is 4.15. The Morgan fingerprint density at radius 3 is 2.86 bits per heavy atom. The summed E-state index contributed by atoms with van der Waals surface area (Å²) in [7, 11) is 1.70. The standard InChI is InChI=1S/C16H17F2N3O/c1-20(15(22)13-9-10-21(19-13)16(17)18)14-8-4-6-11-5-2-3-7-12(11)14/h2-3,5,7,9-10,14,16H,4,6,8H2,1H3/t14-/m0/s1. The van der Waals surface area contributed by atoms with Crippen molar-refractivity contribution >= 4 is 5.91 Å². The molecule has 1 aliphatic carbocycles. The molecule has 2 aromatic rings. The minimum atomic E-state index is -2.73. The van der Waals surface area contributed by atoms with Gasteiger partial charge in [0.15, 0.2) is 5.69 Å². The maximum Gasteiger partial charge on any atom is 0.333 e. The Labute approximate surface area is 127 Å². The summed E-state index contributed by atoms with van der Waals surface area (Å²) in [5, 5.41) is 3.66. The largest absolute Gasteiger partial charge is 0.333 e. The van der Waals surface area contributed by atoms with E-state index in [0.717, 1.165) is 31.0 Å². The number of amides is 1. The molecule has 1 atom stereocenters. The van der Waals surface area contributed by atoms with E-state index in [9.17, 15) is 13.6 Å². The predicted octanol–water partition coefficient (Wildman–Crippen LogP) is 3.43. The van der Waals surface area contributed by atoms with Crippen molar-refractivity contribution in [2.45, 2.75) is 31.9 Å². The zero-order valence-electron chi connectivity index (χ0n) is 12.2. The molecule has 0 aliphatic heterocycles. The maximum atomic E-state index is 12.6. The average molecular weight is 305 g/mol. The van der Waals surface area contributed by atoms with E-state index in [1.807, 2.05) is 18.2 Å². The van der Waals surface area contributed by atoms with E-state index in [2.05, 4.69) is 11.2 Å². The molecule has 0 radical (unpaired) electrons. The van der Waals surface area contributed by atoms with Gasteiger partial charge in [0.05, 0.1) is 6.04 Å². The van der Waals surface area contributed by atoms with E-state index >= 15 is 0 Å². The lowest BCUT2D eigenvalue weighted by Gasteiger charge is -2.33. The number of rotatable bonds is 3. The summed E-state index contributed by atoms with van der Waals surface area (Å²) in [6.07, 6.45) is 4.01. The highest BCUT2D eigenvalue weighted by atomic mass is 19.3. The highest BCUT2D eigenvalue weighted by Crippen LogP contribution is 2.34. The van der Waals surface area contributed by atoms with Crippen LogP contribution < -0.4 is 0 Å². The van der Waals surface area contributed by atoms with E-state index in [-0.39, 0.29) is 17.6 Å². The molecule has 0 saturated carbocycles. The summed E-state index contributed by atoms with van der Waals surface area (Å²) >= 11 is 0. The molecule has 1 heterocycles. The molecule has 0 spiro atoms. The molecule has 6 heteroatoms. The first-order valence-electron chi connectivity index (χ1n) is 7.26. The third-order valence-electron chi connectivity index (χ3n) is 4.15. The Kier molecular flexibility index (Phi) is 3.92. The van der Waals surface area contributed by atoms with Gasteiger partial charge in [0.25, 0.3) is 5.91 Å². The van der Waals surface area contributed by atoms with Crippen LogP contribution >= 0.6 is 0 Å². The molecule has 0 fully saturated rings. The van der Waals surface area contributed by atoms with Crippen LogP contribution in [0.15, 0.2) is 36.5 Å². The van der Waals surface area contributed by atoms with Crippen molar-refractivity contribution in [2.75, 3.05) is 7.05 Å². The fourth-order valence-electron chi connectivity index (χ4n) is 3.01. The van der Waals surface area contributed by atoms with Gasteiger partial charge >= 0.3 is 6.55 Å². The highest BCUT2D eigenvalue weighted by Gasteiger charge is 2.28. The van der Waals surface area contributed by atoms with Crippen LogP contribution in [-0.4, -0.2) is 27.6 Å². The minimum Gasteiger partial charge on any atom is -0.333 e. The lowest BCUT2D eigenvalue weighted by molar-refractivity contribution is 0.0547. The number of aromatic nitrogens is 2. The second-order valence-corrected chi connectivity index (χ2v) is 5.48. The first kappa shape index (κ1) is 14.7. The van der Waals surface area contributed by atoms with Gasteiger partial charge in [-0.05, 0) is 36.5 Å². The maximum absolute atomic E-state index is 12.6. The summed E-state index contributed by atoms with van der Waals surface area (Å²) in [5.74, 6) is -0.332. The van der Waals surface area contributed by atoms with Crippen LogP contribution in [0, 0.1) is 0 Å². The zero-order chi connectivity index (χ0) is 15.7. The van der Waals surface area contributed by atoms with Gasteiger partial charge in [0.1, 0.15) is 0 Å². The van der Waals surface area contributed by atoms with Gasteiger partial charge in [-0.3, -0.25) is 4.79 Å². The van der Waals surface area contributed by atoms with Crippen LogP contribution in [0.1, 0.15) is 47.0 Å². The summed E-state index contributed by atoms with van der Waals surface area (Å²) in [6, 6.07) is 9.36. The van der Waals surface area contributed by atoms with Crippen LogP contribution in [-0.2, 0) is 6.42 Å². The molecule has 0 unspecified atom stereocenters. The fourth-order valence-corrected chi connectivity index (χ4v) is 3.01. The van der Waals surface area contributed by atoms with E-state index in [1.165, 1.54) is 11.6 Å². The predicted molar refractivity (Wildman–Crippen MR) is 77.7 cm³/mol. The number of carbonyl (C=O) groups excluding carboxylic acids is 1. The van der Waals surface area contributed by atoms with Crippen LogP contribution in [0.2, 0.25) is 0 Å². The summed E-state index contributed by atoms with van der Waals surface area (Å²) in [4.78, 5) is 14.1. The Morgan fingerprint density at radius 2 is 2.14 bits per heavy atom. The first-order valence-corrected chi connectivity index (χ1v) is 7.26. The van der Waals surface area contributed by atoms with Crippen molar-refractivity contribution in [3.8, 4) is 0 Å². The van der Waals surface area contributed by atoms with Crippen molar-refractivity contribution < 1.29 is 13.6 Å². The van der Waals surface area contributed by atoms with Crippen LogP contribution in [0.3, 0.4) is 0 Å². The highest BCUT2D eigenvalue weighted by molar-refractivity contribution is 5.92. The van der Waals surface area contributed by atoms with E-state index < -0.39 is 6.55 Å². The molecule has 3 rings (SSSR count). The molecule has 0 bridgehead atoms. The number of fused-ring (bicyclic) bond motifs is 1. The summed E-state index contributed by atoms with van der Waals surface area (Å²) in [6.45, 7) is -2.73. The number of hydrogen-bond acceptors (Lipinski definition) is 2. The van der Waals surface area contributed by atoms with Gasteiger partial charge in [-0.15, -0.1) is 0 Å². The molecule has 4 nitrogen and oxygen atoms in total. The number of benzene rings is 1. The Morgan fingerprint density at radius 1 is 1.36 bits per heavy atom. The molecular formula is C16H17F2N3O. The van der Waals surface area contributed by atoms with Crippen molar-refractivity contribution in [3.05, 3.63) is 53.3 Å². The Balaban J connectivity index is 1.84. The third kappa shape index (κ3) is 2.61. The van der Waals surface area contributed by atoms with E-state index in [1.54, 1.807) is 11.9 Å². The van der Waals surface area contributed by atoms with Gasteiger partial charge in [-0.1, -0.05) is 24.3 Å². The zero-order valence-corrected chi connectivity index (χ0v) is 12.2. The van der Waals surface area contributed by atoms with Gasteiger partial charge < -0.3 is 4.90 Å². The topological polar surface area (TPSA) is 38.1 Å². The summed E-state index contributed by atoms with van der Waals surface area (Å²) in [5.41, 5.74) is 2.43. The normalized spacial score (nSPS) is 17.4. The molecule has 0 saturated heterocycles. The first-order chi connectivity index (χ1) is 10.6. The smallest absolute Gasteiger partial charge is 0.333 e. The Bertz CT molecular complexity index is 684. The lowest BCUT2D eigenvalue weighted by atomic mass is 9.87. The van der Waals surface area contributed by atoms with Crippen molar-refractivity contribution in [3.63, 3.8) is 0 Å². The number of nitrogens with zero attached hydrogens (tertiary/aromatic N) is 3. The molecule has 1 amide bonds. The monoisotopic (exact) mass is 305 g/mol. The van der Waals surface area contributed by atoms with Gasteiger partial charge in [0.2, 0.25) is 0 Å². The molecule has 0 N–H and O–H groups in total. The molecule has 116 valence electrons. The Hall–Kier alpha value is -2.24. The number of aryl methyl sites for hydroxylation is 1. The second-order valence-electron chi connectivity index (χ2n) is 5.48. The summed E-state index contributed by atoms with van der Waals surface area (Å²) < 4.78 is 25.6. The average Bonchev–Trinajstić information content (AvgIpc) is 3.03. The van der Waals surface area contributed by atoms with Crippen molar-refractivity contribution in [1.82, 2.24) is 14.7 Å². The van der Waals surface area contributed by atoms with Crippen molar-refractivity contribution in [2.24, 2.45) is 0 Å². The number of halogens is 2. The van der Waals surface area contributed by atoms with Crippen LogP contribution in [0.25, 0.3) is 0 Å². The fraction of sp³-hybridized carbons (Fsp3) is 0.375.